The Morgan fingerprint density at radius 2 is 1.59 bits per heavy atom. The number of ether oxygens (including phenoxy) is 4. The van der Waals surface area contributed by atoms with Crippen LogP contribution < -0.4 is 19.1 Å². The van der Waals surface area contributed by atoms with Gasteiger partial charge < -0.3 is 23.8 Å². The number of carbonyl (C=O) groups is 2. The number of methoxy groups -OCH3 is 3. The topological polar surface area (TPSA) is 74.3 Å². The van der Waals surface area contributed by atoms with Gasteiger partial charge in [0, 0.05) is 12.7 Å². The number of carbonyl (C=O) groups excluding carboxylic acids is 2. The Kier molecular flexibility index (Phi) is 6.65. The van der Waals surface area contributed by atoms with Crippen molar-refractivity contribution in [3.05, 3.63) is 47.5 Å². The number of anilines is 1. The molecule has 0 saturated heterocycles. The molecule has 2 aromatic carbocycles. The summed E-state index contributed by atoms with van der Waals surface area (Å²) in [6, 6.07) is 10.4. The highest BCUT2D eigenvalue weighted by atomic mass is 16.5. The molecule has 0 unspecified atom stereocenters. The van der Waals surface area contributed by atoms with Crippen molar-refractivity contribution in [2.75, 3.05) is 39.9 Å². The Hall–Kier alpha value is -3.22. The molecule has 0 bridgehead atoms. The monoisotopic (exact) mass is 373 g/mol. The SMILES string of the molecule is COc1cc(C(=O)OCC(=O)N(C)c2cccc(C)c2)cc(OC)c1OC. The number of rotatable bonds is 7. The lowest BCUT2D eigenvalue weighted by atomic mass is 10.2. The Bertz CT molecular complexity index is 808. The summed E-state index contributed by atoms with van der Waals surface area (Å²) in [6.07, 6.45) is 0. The van der Waals surface area contributed by atoms with Crippen molar-refractivity contribution in [1.82, 2.24) is 0 Å². The van der Waals surface area contributed by atoms with E-state index >= 15 is 0 Å². The van der Waals surface area contributed by atoms with E-state index in [4.69, 9.17) is 18.9 Å². The summed E-state index contributed by atoms with van der Waals surface area (Å²) in [5.74, 6) is 0.00690. The third kappa shape index (κ3) is 4.69. The highest BCUT2D eigenvalue weighted by Gasteiger charge is 2.19. The van der Waals surface area contributed by atoms with Crippen LogP contribution in [0.5, 0.6) is 17.2 Å². The first-order chi connectivity index (χ1) is 12.9. The quantitative estimate of drug-likeness (QED) is 0.695. The summed E-state index contributed by atoms with van der Waals surface area (Å²) in [5, 5.41) is 0. The smallest absolute Gasteiger partial charge is 0.338 e. The lowest BCUT2D eigenvalue weighted by molar-refractivity contribution is -0.121. The van der Waals surface area contributed by atoms with Gasteiger partial charge in [0.05, 0.1) is 26.9 Å². The van der Waals surface area contributed by atoms with Crippen LogP contribution in [0.3, 0.4) is 0 Å². The molecule has 144 valence electrons. The average Bonchev–Trinajstić information content (AvgIpc) is 2.69. The zero-order valence-corrected chi connectivity index (χ0v) is 16.1. The Balaban J connectivity index is 2.10. The third-order valence-electron chi connectivity index (χ3n) is 3.99. The largest absolute Gasteiger partial charge is 0.493 e. The van der Waals surface area contributed by atoms with Gasteiger partial charge in [0.25, 0.3) is 5.91 Å². The second-order valence-corrected chi connectivity index (χ2v) is 5.78. The Labute approximate surface area is 158 Å². The van der Waals surface area contributed by atoms with Crippen LogP contribution in [0, 0.1) is 6.92 Å². The highest BCUT2D eigenvalue weighted by molar-refractivity contribution is 5.97. The molecule has 2 aromatic rings. The number of hydrogen-bond acceptors (Lipinski definition) is 6. The van der Waals surface area contributed by atoms with Crippen molar-refractivity contribution in [1.29, 1.82) is 0 Å². The molecule has 0 heterocycles. The first-order valence-electron chi connectivity index (χ1n) is 8.21. The number of aryl methyl sites for hydroxylation is 1. The van der Waals surface area contributed by atoms with Gasteiger partial charge in [-0.15, -0.1) is 0 Å². The maximum absolute atomic E-state index is 12.4. The van der Waals surface area contributed by atoms with Gasteiger partial charge in [-0.25, -0.2) is 4.79 Å². The van der Waals surface area contributed by atoms with E-state index in [0.29, 0.717) is 17.2 Å². The van der Waals surface area contributed by atoms with E-state index < -0.39 is 5.97 Å². The van der Waals surface area contributed by atoms with Crippen LogP contribution in [0.2, 0.25) is 0 Å². The molecule has 1 amide bonds. The van der Waals surface area contributed by atoms with Crippen molar-refractivity contribution in [2.45, 2.75) is 6.92 Å². The normalized spacial score (nSPS) is 10.1. The molecule has 0 aliphatic carbocycles. The second-order valence-electron chi connectivity index (χ2n) is 5.78. The molecular formula is C20H23NO6. The fourth-order valence-electron chi connectivity index (χ4n) is 2.49. The fourth-order valence-corrected chi connectivity index (χ4v) is 2.49. The zero-order valence-electron chi connectivity index (χ0n) is 16.1. The average molecular weight is 373 g/mol. The number of hydrogen-bond donors (Lipinski definition) is 0. The van der Waals surface area contributed by atoms with Crippen molar-refractivity contribution >= 4 is 17.6 Å². The van der Waals surface area contributed by atoms with Gasteiger partial charge in [-0.1, -0.05) is 12.1 Å². The van der Waals surface area contributed by atoms with Crippen LogP contribution >= 0.6 is 0 Å². The van der Waals surface area contributed by atoms with E-state index in [1.807, 2.05) is 31.2 Å². The molecule has 0 spiro atoms. The minimum atomic E-state index is -0.666. The molecular weight excluding hydrogens is 350 g/mol. The van der Waals surface area contributed by atoms with E-state index in [9.17, 15) is 9.59 Å². The summed E-state index contributed by atoms with van der Waals surface area (Å²) >= 11 is 0. The van der Waals surface area contributed by atoms with Crippen LogP contribution in [0.4, 0.5) is 5.69 Å². The molecule has 0 radical (unpaired) electrons. The van der Waals surface area contributed by atoms with Crippen molar-refractivity contribution in [3.8, 4) is 17.2 Å². The zero-order chi connectivity index (χ0) is 20.0. The summed E-state index contributed by atoms with van der Waals surface area (Å²) in [5.41, 5.74) is 1.95. The summed E-state index contributed by atoms with van der Waals surface area (Å²) < 4.78 is 20.8. The molecule has 0 atom stereocenters. The molecule has 0 fully saturated rings. The molecule has 0 aromatic heterocycles. The molecule has 7 nitrogen and oxygen atoms in total. The first kappa shape index (κ1) is 20.1. The minimum absolute atomic E-state index is 0.190. The summed E-state index contributed by atoms with van der Waals surface area (Å²) in [4.78, 5) is 26.1. The lowest BCUT2D eigenvalue weighted by Crippen LogP contribution is -2.31. The maximum Gasteiger partial charge on any atom is 0.338 e. The van der Waals surface area contributed by atoms with Crippen molar-refractivity contribution < 1.29 is 28.5 Å². The van der Waals surface area contributed by atoms with Crippen LogP contribution in [0.15, 0.2) is 36.4 Å². The molecule has 2 rings (SSSR count). The standard InChI is InChI=1S/C20H23NO6/c1-13-7-6-8-15(9-13)21(2)18(22)12-27-20(23)14-10-16(24-3)19(26-5)17(11-14)25-4/h6-11H,12H2,1-5H3. The van der Waals surface area contributed by atoms with Crippen LogP contribution in [0.25, 0.3) is 0 Å². The molecule has 27 heavy (non-hydrogen) atoms. The molecule has 0 saturated carbocycles. The maximum atomic E-state index is 12.4. The number of benzene rings is 2. The predicted octanol–water partition coefficient (Wildman–Crippen LogP) is 2.84. The van der Waals surface area contributed by atoms with Gasteiger partial charge in [-0.3, -0.25) is 4.79 Å². The Morgan fingerprint density at radius 1 is 0.963 bits per heavy atom. The molecule has 0 N–H and O–H groups in total. The fraction of sp³-hybridized carbons (Fsp3) is 0.300. The van der Waals surface area contributed by atoms with E-state index in [1.165, 1.54) is 38.4 Å². The number of esters is 1. The highest BCUT2D eigenvalue weighted by Crippen LogP contribution is 2.38. The summed E-state index contributed by atoms with van der Waals surface area (Å²) in [6.45, 7) is 1.55. The van der Waals surface area contributed by atoms with Gasteiger partial charge >= 0.3 is 5.97 Å². The van der Waals surface area contributed by atoms with Gasteiger partial charge in [0.2, 0.25) is 5.75 Å². The number of nitrogens with zero attached hydrogens (tertiary/aromatic N) is 1. The van der Waals surface area contributed by atoms with E-state index in [-0.39, 0.29) is 18.1 Å². The third-order valence-corrected chi connectivity index (χ3v) is 3.99. The van der Waals surface area contributed by atoms with Crippen molar-refractivity contribution in [3.63, 3.8) is 0 Å². The molecule has 0 aliphatic heterocycles. The second kappa shape index (κ2) is 8.93. The van der Waals surface area contributed by atoms with Crippen molar-refractivity contribution in [2.24, 2.45) is 0 Å². The number of likely N-dealkylation sites (N-methyl/N-ethyl adjacent to an activating group) is 1. The summed E-state index contributed by atoms with van der Waals surface area (Å²) in [7, 11) is 6.00. The van der Waals surface area contributed by atoms with E-state index in [1.54, 1.807) is 7.05 Å². The predicted molar refractivity (Wildman–Crippen MR) is 101 cm³/mol. The molecule has 0 aliphatic rings. The van der Waals surface area contributed by atoms with Gasteiger partial charge in [-0.05, 0) is 36.8 Å². The van der Waals surface area contributed by atoms with Gasteiger partial charge in [-0.2, -0.15) is 0 Å². The number of amides is 1. The first-order valence-corrected chi connectivity index (χ1v) is 8.21. The van der Waals surface area contributed by atoms with Gasteiger partial charge in [0.1, 0.15) is 0 Å². The molecule has 7 heteroatoms. The van der Waals surface area contributed by atoms with Crippen LogP contribution in [-0.2, 0) is 9.53 Å². The minimum Gasteiger partial charge on any atom is -0.493 e. The van der Waals surface area contributed by atoms with Gasteiger partial charge in [0.15, 0.2) is 18.1 Å². The lowest BCUT2D eigenvalue weighted by Gasteiger charge is -2.18. The van der Waals surface area contributed by atoms with E-state index in [2.05, 4.69) is 0 Å². The Morgan fingerprint density at radius 3 is 2.11 bits per heavy atom. The van der Waals surface area contributed by atoms with Crippen LogP contribution in [0.1, 0.15) is 15.9 Å². The van der Waals surface area contributed by atoms with Crippen LogP contribution in [-0.4, -0.2) is 46.9 Å². The van der Waals surface area contributed by atoms with E-state index in [0.717, 1.165) is 11.3 Å².